The minimum atomic E-state index is -0.705. The molecule has 5 rings (SSSR count). The zero-order chi connectivity index (χ0) is 28.2. The van der Waals surface area contributed by atoms with E-state index in [4.69, 9.17) is 0 Å². The van der Waals surface area contributed by atoms with Crippen molar-refractivity contribution in [1.29, 1.82) is 0 Å². The van der Waals surface area contributed by atoms with E-state index >= 15 is 0 Å². The third-order valence-corrected chi connectivity index (χ3v) is 8.91. The second-order valence-electron chi connectivity index (χ2n) is 10.7. The highest BCUT2D eigenvalue weighted by Gasteiger charge is 2.31. The summed E-state index contributed by atoms with van der Waals surface area (Å²) in [5, 5.41) is 5.93. The predicted molar refractivity (Wildman–Crippen MR) is 153 cm³/mol. The molecule has 2 aliphatic rings. The summed E-state index contributed by atoms with van der Waals surface area (Å²) in [7, 11) is 0. The molecule has 2 fully saturated rings. The van der Waals surface area contributed by atoms with Crippen LogP contribution in [0.15, 0.2) is 52.2 Å². The monoisotopic (exact) mass is 567 g/mol. The van der Waals surface area contributed by atoms with E-state index in [-0.39, 0.29) is 41.0 Å². The van der Waals surface area contributed by atoms with E-state index in [9.17, 15) is 23.6 Å². The number of pyridine rings is 1. The molecule has 0 bridgehead atoms. The van der Waals surface area contributed by atoms with Crippen molar-refractivity contribution in [3.05, 3.63) is 74.8 Å². The number of nitrogens with zero attached hydrogens (tertiary/aromatic N) is 3. The molecule has 0 radical (unpaired) electrons. The van der Waals surface area contributed by atoms with Crippen LogP contribution < -0.4 is 21.9 Å². The zero-order valence-electron chi connectivity index (χ0n) is 22.5. The second kappa shape index (κ2) is 12.4. The smallest absolute Gasteiger partial charge is 0.333 e. The summed E-state index contributed by atoms with van der Waals surface area (Å²) in [6.07, 6.45) is 5.16. The van der Waals surface area contributed by atoms with Gasteiger partial charge in [-0.15, -0.1) is 0 Å². The summed E-state index contributed by atoms with van der Waals surface area (Å²) in [6, 6.07) is 9.37. The maximum absolute atomic E-state index is 14.2. The van der Waals surface area contributed by atoms with Gasteiger partial charge >= 0.3 is 5.69 Å². The Morgan fingerprint density at radius 1 is 1.02 bits per heavy atom. The van der Waals surface area contributed by atoms with Crippen LogP contribution in [0.4, 0.5) is 4.39 Å². The molecule has 11 heteroatoms. The van der Waals surface area contributed by atoms with Crippen LogP contribution in [0.5, 0.6) is 0 Å². The topological polar surface area (TPSA) is 115 Å². The molecular weight excluding hydrogens is 533 g/mol. The molecule has 1 aromatic carbocycles. The maximum atomic E-state index is 14.2. The van der Waals surface area contributed by atoms with Gasteiger partial charge in [0.25, 0.3) is 5.56 Å². The van der Waals surface area contributed by atoms with Crippen LogP contribution in [-0.2, 0) is 16.0 Å². The Kier molecular flexibility index (Phi) is 8.68. The first-order chi connectivity index (χ1) is 19.3. The number of benzene rings is 1. The van der Waals surface area contributed by atoms with Gasteiger partial charge in [0.15, 0.2) is 0 Å². The van der Waals surface area contributed by atoms with Crippen molar-refractivity contribution in [2.75, 3.05) is 11.5 Å². The van der Waals surface area contributed by atoms with Crippen molar-refractivity contribution in [2.45, 2.75) is 76.0 Å². The number of halogens is 1. The van der Waals surface area contributed by atoms with Gasteiger partial charge in [0, 0.05) is 31.5 Å². The number of carbonyl (C=O) groups excluding carboxylic acids is 2. The Labute approximate surface area is 235 Å². The first kappa shape index (κ1) is 28.1. The molecule has 1 saturated carbocycles. The van der Waals surface area contributed by atoms with Crippen LogP contribution in [0.25, 0.3) is 11.0 Å². The minimum Gasteiger partial charge on any atom is -0.352 e. The van der Waals surface area contributed by atoms with Crippen molar-refractivity contribution in [2.24, 2.45) is 0 Å². The summed E-state index contributed by atoms with van der Waals surface area (Å²) in [4.78, 5) is 56.4. The Hall–Kier alpha value is -3.47. The van der Waals surface area contributed by atoms with Crippen molar-refractivity contribution in [1.82, 2.24) is 24.8 Å². The molecule has 9 nitrogen and oxygen atoms in total. The Morgan fingerprint density at radius 2 is 1.70 bits per heavy atom. The SMILES string of the molecule is CC(=O)N[C@@H](Cc1ccccc1)C(=O)NC1CCC(n2c(=O)c3cc(F)cnc3n(C3CCSCC3)c2=O)CC1. The van der Waals surface area contributed by atoms with E-state index in [1.807, 2.05) is 42.1 Å². The molecular formula is C29H34FN5O4S. The molecule has 1 atom stereocenters. The van der Waals surface area contributed by atoms with E-state index in [1.54, 1.807) is 4.57 Å². The van der Waals surface area contributed by atoms with Crippen LogP contribution in [0.1, 0.15) is 63.1 Å². The molecule has 3 aromatic rings. The van der Waals surface area contributed by atoms with Crippen LogP contribution in [0, 0.1) is 5.82 Å². The molecule has 0 spiro atoms. The number of aromatic nitrogens is 3. The second-order valence-corrected chi connectivity index (χ2v) is 11.9. The predicted octanol–water partition coefficient (Wildman–Crippen LogP) is 3.11. The molecule has 1 aliphatic carbocycles. The number of amides is 2. The zero-order valence-corrected chi connectivity index (χ0v) is 23.3. The summed E-state index contributed by atoms with van der Waals surface area (Å²) in [5.74, 6) is 0.663. The lowest BCUT2D eigenvalue weighted by molar-refractivity contribution is -0.128. The summed E-state index contributed by atoms with van der Waals surface area (Å²) in [6.45, 7) is 1.39. The largest absolute Gasteiger partial charge is 0.352 e. The fourth-order valence-corrected chi connectivity index (χ4v) is 6.97. The van der Waals surface area contributed by atoms with E-state index in [2.05, 4.69) is 15.6 Å². The molecule has 1 saturated heterocycles. The van der Waals surface area contributed by atoms with Gasteiger partial charge in [0.2, 0.25) is 11.8 Å². The molecule has 3 heterocycles. The summed E-state index contributed by atoms with van der Waals surface area (Å²) in [5.41, 5.74) is 0.270. The molecule has 2 N–H and O–H groups in total. The van der Waals surface area contributed by atoms with Crippen LogP contribution in [-0.4, -0.2) is 49.5 Å². The lowest BCUT2D eigenvalue weighted by atomic mass is 9.90. The third kappa shape index (κ3) is 6.14. The molecule has 2 amide bonds. The number of nitrogens with one attached hydrogen (secondary N) is 2. The van der Waals surface area contributed by atoms with Crippen LogP contribution >= 0.6 is 11.8 Å². The number of hydrogen-bond donors (Lipinski definition) is 2. The highest BCUT2D eigenvalue weighted by molar-refractivity contribution is 7.99. The third-order valence-electron chi connectivity index (χ3n) is 7.86. The Bertz CT molecular complexity index is 1490. The maximum Gasteiger partial charge on any atom is 0.333 e. The van der Waals surface area contributed by atoms with E-state index in [1.165, 1.54) is 17.6 Å². The van der Waals surface area contributed by atoms with E-state index in [0.29, 0.717) is 32.1 Å². The molecule has 40 heavy (non-hydrogen) atoms. The first-order valence-electron chi connectivity index (χ1n) is 13.8. The fraction of sp³-hybridized carbons (Fsp3) is 0.483. The average Bonchev–Trinajstić information content (AvgIpc) is 2.95. The average molecular weight is 568 g/mol. The Morgan fingerprint density at radius 3 is 2.38 bits per heavy atom. The number of hydrogen-bond acceptors (Lipinski definition) is 6. The molecule has 0 unspecified atom stereocenters. The Balaban J connectivity index is 1.34. The van der Waals surface area contributed by atoms with Crippen LogP contribution in [0.3, 0.4) is 0 Å². The molecule has 212 valence electrons. The van der Waals surface area contributed by atoms with Gasteiger partial charge in [-0.3, -0.25) is 23.5 Å². The molecule has 1 aliphatic heterocycles. The van der Waals surface area contributed by atoms with Crippen LogP contribution in [0.2, 0.25) is 0 Å². The van der Waals surface area contributed by atoms with Gasteiger partial charge < -0.3 is 10.6 Å². The minimum absolute atomic E-state index is 0.0907. The van der Waals surface area contributed by atoms with E-state index in [0.717, 1.165) is 36.1 Å². The lowest BCUT2D eigenvalue weighted by Gasteiger charge is -2.32. The van der Waals surface area contributed by atoms with Crippen molar-refractivity contribution in [3.63, 3.8) is 0 Å². The van der Waals surface area contributed by atoms with Gasteiger partial charge in [-0.05, 0) is 61.7 Å². The van der Waals surface area contributed by atoms with Gasteiger partial charge in [-0.1, -0.05) is 30.3 Å². The van der Waals surface area contributed by atoms with Gasteiger partial charge in [0.1, 0.15) is 17.5 Å². The van der Waals surface area contributed by atoms with Gasteiger partial charge in [-0.2, -0.15) is 11.8 Å². The highest BCUT2D eigenvalue weighted by Crippen LogP contribution is 2.30. The van der Waals surface area contributed by atoms with Gasteiger partial charge in [0.05, 0.1) is 11.6 Å². The van der Waals surface area contributed by atoms with E-state index < -0.39 is 23.1 Å². The number of thioether (sulfide) groups is 1. The lowest BCUT2D eigenvalue weighted by Crippen LogP contribution is -2.51. The molecule has 2 aromatic heterocycles. The van der Waals surface area contributed by atoms with Crippen molar-refractivity contribution in [3.8, 4) is 0 Å². The normalized spacial score (nSPS) is 20.6. The fourth-order valence-electron chi connectivity index (χ4n) is 5.88. The number of carbonyl (C=O) groups is 2. The summed E-state index contributed by atoms with van der Waals surface area (Å²) < 4.78 is 17.0. The van der Waals surface area contributed by atoms with Crippen molar-refractivity contribution < 1.29 is 14.0 Å². The first-order valence-corrected chi connectivity index (χ1v) is 15.0. The van der Waals surface area contributed by atoms with Crippen molar-refractivity contribution >= 4 is 34.6 Å². The highest BCUT2D eigenvalue weighted by atomic mass is 32.2. The summed E-state index contributed by atoms with van der Waals surface area (Å²) >= 11 is 1.83. The quantitative estimate of drug-likeness (QED) is 0.454. The van der Waals surface area contributed by atoms with Gasteiger partial charge in [-0.25, -0.2) is 14.2 Å². The number of fused-ring (bicyclic) bond motifs is 1. The standard InChI is InChI=1S/C29H34FN5O4S/c1-18(36)32-25(15-19-5-3-2-4-6-19)27(37)33-21-7-9-22(10-8-21)35-28(38)24-16-20(30)17-31-26(24)34(29(35)39)23-11-13-40-14-12-23/h2-6,16-17,21-23,25H,7-15H2,1H3,(H,32,36)(H,33,37)/t21?,22?,25-/m0/s1. The number of rotatable bonds is 7.